The van der Waals surface area contributed by atoms with Crippen molar-refractivity contribution in [3.63, 3.8) is 0 Å². The summed E-state index contributed by atoms with van der Waals surface area (Å²) >= 11 is 0. The lowest BCUT2D eigenvalue weighted by atomic mass is 10.1. The summed E-state index contributed by atoms with van der Waals surface area (Å²) < 4.78 is 10.6. The van der Waals surface area contributed by atoms with Crippen molar-refractivity contribution >= 4 is 22.8 Å². The van der Waals surface area contributed by atoms with Crippen LogP contribution < -0.4 is 15.1 Å². The van der Waals surface area contributed by atoms with Gasteiger partial charge in [0, 0.05) is 24.8 Å². The highest BCUT2D eigenvalue weighted by Crippen LogP contribution is 2.29. The highest BCUT2D eigenvalue weighted by atomic mass is 16.6. The molecule has 27 heavy (non-hydrogen) atoms. The Bertz CT molecular complexity index is 830. The van der Waals surface area contributed by atoms with Gasteiger partial charge in [-0.15, -0.1) is 0 Å². The van der Waals surface area contributed by atoms with Gasteiger partial charge in [-0.3, -0.25) is 15.5 Å². The fourth-order valence-electron chi connectivity index (χ4n) is 2.83. The highest BCUT2D eigenvalue weighted by molar-refractivity contribution is 5.99. The summed E-state index contributed by atoms with van der Waals surface area (Å²) in [6, 6.07) is 12.6. The van der Waals surface area contributed by atoms with Crippen LogP contribution in [-0.4, -0.2) is 44.0 Å². The van der Waals surface area contributed by atoms with E-state index in [0.717, 1.165) is 37.6 Å². The van der Waals surface area contributed by atoms with Crippen molar-refractivity contribution in [1.82, 2.24) is 0 Å². The number of nitrogens with zero attached hydrogens (tertiary/aromatic N) is 3. The number of rotatable bonds is 6. The molecule has 0 radical (unpaired) electrons. The maximum Gasteiger partial charge on any atom is 0.273 e. The van der Waals surface area contributed by atoms with Gasteiger partial charge in [0.2, 0.25) is 0 Å². The molecule has 0 unspecified atom stereocenters. The molecular weight excluding hydrogens is 348 g/mol. The molecule has 2 aromatic rings. The topological polar surface area (TPSA) is 89.2 Å². The Labute approximate surface area is 157 Å². The molecule has 3 rings (SSSR count). The molecule has 142 valence electrons. The SMILES string of the molecule is COc1cc([N+](=O)[O-])ccc1N/N=C(\C)c1ccc(N2CCOCC2)cc1. The van der Waals surface area contributed by atoms with Crippen LogP contribution in [0.15, 0.2) is 47.6 Å². The van der Waals surface area contributed by atoms with Crippen LogP contribution >= 0.6 is 0 Å². The average molecular weight is 370 g/mol. The molecule has 8 nitrogen and oxygen atoms in total. The molecule has 0 aliphatic carbocycles. The van der Waals surface area contributed by atoms with Gasteiger partial charge in [0.15, 0.2) is 5.75 Å². The molecule has 0 spiro atoms. The van der Waals surface area contributed by atoms with Gasteiger partial charge in [0.05, 0.1) is 42.7 Å². The molecule has 1 fully saturated rings. The lowest BCUT2D eigenvalue weighted by molar-refractivity contribution is -0.384. The van der Waals surface area contributed by atoms with E-state index in [0.29, 0.717) is 11.4 Å². The third-order valence-electron chi connectivity index (χ3n) is 4.40. The summed E-state index contributed by atoms with van der Waals surface area (Å²) in [5.41, 5.74) is 6.40. The Morgan fingerprint density at radius 2 is 1.93 bits per heavy atom. The van der Waals surface area contributed by atoms with Crippen LogP contribution in [0, 0.1) is 10.1 Å². The number of benzene rings is 2. The first kappa shape index (κ1) is 18.7. The van der Waals surface area contributed by atoms with Crippen molar-refractivity contribution in [1.29, 1.82) is 0 Å². The molecule has 0 bridgehead atoms. The van der Waals surface area contributed by atoms with Crippen LogP contribution in [0.1, 0.15) is 12.5 Å². The summed E-state index contributed by atoms with van der Waals surface area (Å²) in [7, 11) is 1.46. The van der Waals surface area contributed by atoms with Gasteiger partial charge in [0.1, 0.15) is 0 Å². The van der Waals surface area contributed by atoms with Gasteiger partial charge in [-0.1, -0.05) is 12.1 Å². The molecule has 8 heteroatoms. The quantitative estimate of drug-likeness (QED) is 0.477. The number of non-ortho nitro benzene ring substituents is 1. The Morgan fingerprint density at radius 1 is 1.22 bits per heavy atom. The fraction of sp³-hybridized carbons (Fsp3) is 0.316. The lowest BCUT2D eigenvalue weighted by Crippen LogP contribution is -2.36. The van der Waals surface area contributed by atoms with Gasteiger partial charge >= 0.3 is 0 Å². The fourth-order valence-corrected chi connectivity index (χ4v) is 2.83. The second kappa shape index (κ2) is 8.50. The predicted octanol–water partition coefficient (Wildman–Crippen LogP) is 3.28. The third-order valence-corrected chi connectivity index (χ3v) is 4.40. The minimum Gasteiger partial charge on any atom is -0.494 e. The van der Waals surface area contributed by atoms with E-state index in [1.165, 1.54) is 24.9 Å². The molecular formula is C19H22N4O4. The van der Waals surface area contributed by atoms with E-state index < -0.39 is 4.92 Å². The van der Waals surface area contributed by atoms with Gasteiger partial charge in [0.25, 0.3) is 5.69 Å². The molecule has 1 heterocycles. The molecule has 0 amide bonds. The van der Waals surface area contributed by atoms with Crippen LogP contribution in [0.4, 0.5) is 17.1 Å². The molecule has 1 N–H and O–H groups in total. The lowest BCUT2D eigenvalue weighted by Gasteiger charge is -2.28. The zero-order chi connectivity index (χ0) is 19.2. The first-order chi connectivity index (χ1) is 13.1. The van der Waals surface area contributed by atoms with Crippen molar-refractivity contribution in [2.24, 2.45) is 5.10 Å². The molecule has 2 aromatic carbocycles. The zero-order valence-electron chi connectivity index (χ0n) is 15.3. The number of hydrazone groups is 1. The number of nitrogens with one attached hydrogen (secondary N) is 1. The zero-order valence-corrected chi connectivity index (χ0v) is 15.3. The normalized spacial score (nSPS) is 14.7. The van der Waals surface area contributed by atoms with E-state index in [1.54, 1.807) is 6.07 Å². The van der Waals surface area contributed by atoms with Crippen LogP contribution in [0.3, 0.4) is 0 Å². The minimum atomic E-state index is -0.461. The number of nitro groups is 1. The molecule has 1 aliphatic heterocycles. The van der Waals surface area contributed by atoms with Crippen LogP contribution in [0.5, 0.6) is 5.75 Å². The average Bonchev–Trinajstić information content (AvgIpc) is 2.72. The van der Waals surface area contributed by atoms with Gasteiger partial charge in [-0.05, 0) is 30.7 Å². The van der Waals surface area contributed by atoms with Crippen LogP contribution in [-0.2, 0) is 4.74 Å². The van der Waals surface area contributed by atoms with Crippen LogP contribution in [0.25, 0.3) is 0 Å². The molecule has 1 saturated heterocycles. The van der Waals surface area contributed by atoms with E-state index in [-0.39, 0.29) is 5.69 Å². The van der Waals surface area contributed by atoms with E-state index >= 15 is 0 Å². The van der Waals surface area contributed by atoms with Gasteiger partial charge < -0.3 is 14.4 Å². The van der Waals surface area contributed by atoms with E-state index in [2.05, 4.69) is 27.6 Å². The van der Waals surface area contributed by atoms with Crippen molar-refractivity contribution in [2.75, 3.05) is 43.7 Å². The Morgan fingerprint density at radius 3 is 2.56 bits per heavy atom. The third kappa shape index (κ3) is 4.53. The van der Waals surface area contributed by atoms with E-state index in [4.69, 9.17) is 9.47 Å². The number of anilines is 2. The molecule has 0 aromatic heterocycles. The second-order valence-electron chi connectivity index (χ2n) is 6.10. The first-order valence-electron chi connectivity index (χ1n) is 8.64. The number of methoxy groups -OCH3 is 1. The Kier molecular flexibility index (Phi) is 5.87. The molecule has 1 aliphatic rings. The Balaban J connectivity index is 1.71. The summed E-state index contributed by atoms with van der Waals surface area (Å²) in [5.74, 6) is 0.364. The van der Waals surface area contributed by atoms with Crippen molar-refractivity contribution in [3.05, 3.63) is 58.1 Å². The standard InChI is InChI=1S/C19H22N4O4/c1-14(15-3-5-16(6-4-15)22-9-11-27-12-10-22)20-21-18-8-7-17(23(24)25)13-19(18)26-2/h3-8,13,21H,9-12H2,1-2H3/b20-14+. The van der Waals surface area contributed by atoms with Gasteiger partial charge in [-0.25, -0.2) is 0 Å². The summed E-state index contributed by atoms with van der Waals surface area (Å²) in [4.78, 5) is 12.7. The van der Waals surface area contributed by atoms with Crippen LogP contribution in [0.2, 0.25) is 0 Å². The number of hydrogen-bond donors (Lipinski definition) is 1. The van der Waals surface area contributed by atoms with Crippen molar-refractivity contribution in [2.45, 2.75) is 6.92 Å². The minimum absolute atomic E-state index is 0.0307. The second-order valence-corrected chi connectivity index (χ2v) is 6.10. The Hall–Kier alpha value is -3.13. The number of hydrogen-bond acceptors (Lipinski definition) is 7. The largest absolute Gasteiger partial charge is 0.494 e. The summed E-state index contributed by atoms with van der Waals surface area (Å²) in [6.07, 6.45) is 0. The van der Waals surface area contributed by atoms with Crippen molar-refractivity contribution < 1.29 is 14.4 Å². The number of ether oxygens (including phenoxy) is 2. The molecule has 0 atom stereocenters. The van der Waals surface area contributed by atoms with Crippen molar-refractivity contribution in [3.8, 4) is 5.75 Å². The predicted molar refractivity (Wildman–Crippen MR) is 105 cm³/mol. The monoisotopic (exact) mass is 370 g/mol. The summed E-state index contributed by atoms with van der Waals surface area (Å²) in [6.45, 7) is 5.20. The van der Waals surface area contributed by atoms with E-state index in [9.17, 15) is 10.1 Å². The number of morpholine rings is 1. The first-order valence-corrected chi connectivity index (χ1v) is 8.64. The molecule has 0 saturated carbocycles. The summed E-state index contributed by atoms with van der Waals surface area (Å²) in [5, 5.41) is 15.2. The smallest absolute Gasteiger partial charge is 0.273 e. The maximum absolute atomic E-state index is 10.9. The maximum atomic E-state index is 10.9. The van der Waals surface area contributed by atoms with E-state index in [1.807, 2.05) is 19.1 Å². The van der Waals surface area contributed by atoms with Gasteiger partial charge in [-0.2, -0.15) is 5.10 Å². The number of nitro benzene ring substituents is 1. The highest BCUT2D eigenvalue weighted by Gasteiger charge is 2.12.